The Morgan fingerprint density at radius 3 is 2.60 bits per heavy atom. The number of aromatic nitrogens is 2. The molecule has 0 spiro atoms. The van der Waals surface area contributed by atoms with Crippen LogP contribution < -0.4 is 5.32 Å². The van der Waals surface area contributed by atoms with E-state index in [-0.39, 0.29) is 16.2 Å². The van der Waals surface area contributed by atoms with Gasteiger partial charge in [-0.05, 0) is 49.9 Å². The van der Waals surface area contributed by atoms with E-state index < -0.39 is 15.8 Å². The van der Waals surface area contributed by atoms with Gasteiger partial charge in [0, 0.05) is 30.2 Å². The average molecular weight is 359 g/mol. The Kier molecular flexibility index (Phi) is 4.69. The van der Waals surface area contributed by atoms with E-state index in [4.69, 9.17) is 0 Å². The Hall–Kier alpha value is -2.51. The summed E-state index contributed by atoms with van der Waals surface area (Å²) in [4.78, 5) is 4.11. The second kappa shape index (κ2) is 6.78. The molecule has 5 nitrogen and oxygen atoms in total. The Labute approximate surface area is 146 Å². The Morgan fingerprint density at radius 2 is 1.96 bits per heavy atom. The summed E-state index contributed by atoms with van der Waals surface area (Å²) in [6.45, 7) is 2.25. The third-order valence-electron chi connectivity index (χ3n) is 3.81. The van der Waals surface area contributed by atoms with Crippen molar-refractivity contribution in [2.45, 2.75) is 18.4 Å². The summed E-state index contributed by atoms with van der Waals surface area (Å²) in [7, 11) is -2.13. The van der Waals surface area contributed by atoms with Crippen molar-refractivity contribution in [3.8, 4) is 11.3 Å². The van der Waals surface area contributed by atoms with E-state index in [1.54, 1.807) is 44.3 Å². The van der Waals surface area contributed by atoms with E-state index in [9.17, 15) is 12.8 Å². The first-order chi connectivity index (χ1) is 11.9. The SMILES string of the molecule is CNCc1cc(-c2ccccc2F)n(S(=O)(=O)c2ccc(C)nc2)c1. The lowest BCUT2D eigenvalue weighted by molar-refractivity contribution is 0.587. The summed E-state index contributed by atoms with van der Waals surface area (Å²) >= 11 is 0. The second-order valence-corrected chi connectivity index (χ2v) is 7.49. The van der Waals surface area contributed by atoms with Crippen LogP contribution in [0.3, 0.4) is 0 Å². The number of pyridine rings is 1. The number of aryl methyl sites for hydroxylation is 1. The Balaban J connectivity index is 2.21. The molecule has 0 amide bonds. The molecule has 0 radical (unpaired) electrons. The molecule has 0 saturated carbocycles. The maximum Gasteiger partial charge on any atom is 0.269 e. The molecule has 0 unspecified atom stereocenters. The van der Waals surface area contributed by atoms with Crippen molar-refractivity contribution in [3.63, 3.8) is 0 Å². The van der Waals surface area contributed by atoms with Gasteiger partial charge in [0.05, 0.1) is 5.69 Å². The number of nitrogens with one attached hydrogen (secondary N) is 1. The van der Waals surface area contributed by atoms with Crippen LogP contribution in [-0.4, -0.2) is 24.4 Å². The van der Waals surface area contributed by atoms with Gasteiger partial charge in [0.2, 0.25) is 0 Å². The maximum absolute atomic E-state index is 14.3. The van der Waals surface area contributed by atoms with Gasteiger partial charge in [-0.15, -0.1) is 0 Å². The van der Waals surface area contributed by atoms with Crippen molar-refractivity contribution in [1.82, 2.24) is 14.3 Å². The number of nitrogens with zero attached hydrogens (tertiary/aromatic N) is 2. The summed E-state index contributed by atoms with van der Waals surface area (Å²) in [5.41, 5.74) is 1.97. The van der Waals surface area contributed by atoms with Crippen LogP contribution in [0.5, 0.6) is 0 Å². The largest absolute Gasteiger partial charge is 0.316 e. The number of benzene rings is 1. The van der Waals surface area contributed by atoms with E-state index in [0.717, 1.165) is 15.2 Å². The zero-order chi connectivity index (χ0) is 18.0. The van der Waals surface area contributed by atoms with Gasteiger partial charge < -0.3 is 5.32 Å². The molecule has 0 aliphatic heterocycles. The highest BCUT2D eigenvalue weighted by molar-refractivity contribution is 7.90. The first-order valence-electron chi connectivity index (χ1n) is 7.72. The van der Waals surface area contributed by atoms with Crippen molar-refractivity contribution in [2.24, 2.45) is 0 Å². The van der Waals surface area contributed by atoms with Crippen LogP contribution in [0.25, 0.3) is 11.3 Å². The molecule has 0 aliphatic carbocycles. The van der Waals surface area contributed by atoms with Crippen LogP contribution in [0.15, 0.2) is 59.8 Å². The highest BCUT2D eigenvalue weighted by Gasteiger charge is 2.23. The maximum atomic E-state index is 14.3. The van der Waals surface area contributed by atoms with E-state index in [2.05, 4.69) is 10.3 Å². The number of hydrogen-bond donors (Lipinski definition) is 1. The first-order valence-corrected chi connectivity index (χ1v) is 9.16. The van der Waals surface area contributed by atoms with Crippen molar-refractivity contribution >= 4 is 10.0 Å². The molecule has 0 bridgehead atoms. The fourth-order valence-corrected chi connectivity index (χ4v) is 3.92. The van der Waals surface area contributed by atoms with E-state index in [0.29, 0.717) is 6.54 Å². The molecule has 0 fully saturated rings. The predicted molar refractivity (Wildman–Crippen MR) is 94.1 cm³/mol. The zero-order valence-electron chi connectivity index (χ0n) is 13.9. The van der Waals surface area contributed by atoms with Crippen molar-refractivity contribution in [1.29, 1.82) is 0 Å². The lowest BCUT2D eigenvalue weighted by Crippen LogP contribution is -2.14. The van der Waals surface area contributed by atoms with Crippen molar-refractivity contribution in [2.75, 3.05) is 7.05 Å². The topological polar surface area (TPSA) is 64.0 Å². The van der Waals surface area contributed by atoms with Crippen LogP contribution in [0.2, 0.25) is 0 Å². The molecule has 3 aromatic rings. The van der Waals surface area contributed by atoms with Gasteiger partial charge in [-0.3, -0.25) is 4.98 Å². The van der Waals surface area contributed by atoms with Crippen molar-refractivity contribution < 1.29 is 12.8 Å². The summed E-state index contributed by atoms with van der Waals surface area (Å²) in [6.07, 6.45) is 2.82. The predicted octanol–water partition coefficient (Wildman–Crippen LogP) is 2.95. The summed E-state index contributed by atoms with van der Waals surface area (Å²) in [5.74, 6) is -0.477. The van der Waals surface area contributed by atoms with Crippen LogP contribution in [0.1, 0.15) is 11.3 Å². The van der Waals surface area contributed by atoms with E-state index in [1.807, 2.05) is 0 Å². The molecule has 0 atom stereocenters. The van der Waals surface area contributed by atoms with Gasteiger partial charge in [-0.2, -0.15) is 0 Å². The molecular formula is C18H18FN3O2S. The molecule has 3 rings (SSSR count). The van der Waals surface area contributed by atoms with Gasteiger partial charge in [0.1, 0.15) is 10.7 Å². The monoisotopic (exact) mass is 359 g/mol. The third kappa shape index (κ3) is 3.33. The number of rotatable bonds is 5. The molecule has 130 valence electrons. The standard InChI is InChI=1S/C18H18FN3O2S/c1-13-7-8-15(11-21-13)25(23,24)22-12-14(10-20-2)9-18(22)16-5-3-4-6-17(16)19/h3-9,11-12,20H,10H2,1-2H3. The van der Waals surface area contributed by atoms with Crippen LogP contribution in [0.4, 0.5) is 4.39 Å². The minimum Gasteiger partial charge on any atom is -0.316 e. The quantitative estimate of drug-likeness (QED) is 0.761. The molecule has 2 heterocycles. The average Bonchev–Trinajstić information content (AvgIpc) is 3.00. The molecule has 1 aromatic carbocycles. The molecule has 25 heavy (non-hydrogen) atoms. The second-order valence-electron chi connectivity index (χ2n) is 5.68. The third-order valence-corrected chi connectivity index (χ3v) is 5.47. The van der Waals surface area contributed by atoms with Crippen LogP contribution in [0, 0.1) is 12.7 Å². The van der Waals surface area contributed by atoms with Gasteiger partial charge in [0.15, 0.2) is 0 Å². The Bertz CT molecular complexity index is 995. The van der Waals surface area contributed by atoms with Gasteiger partial charge in [-0.1, -0.05) is 12.1 Å². The molecule has 0 aliphatic rings. The molecule has 1 N–H and O–H groups in total. The molecular weight excluding hydrogens is 341 g/mol. The van der Waals surface area contributed by atoms with Crippen LogP contribution >= 0.6 is 0 Å². The van der Waals surface area contributed by atoms with Gasteiger partial charge in [0.25, 0.3) is 10.0 Å². The molecule has 7 heteroatoms. The van der Waals surface area contributed by atoms with Gasteiger partial charge in [-0.25, -0.2) is 16.8 Å². The Morgan fingerprint density at radius 1 is 1.20 bits per heavy atom. The minimum atomic E-state index is -3.89. The fourth-order valence-electron chi connectivity index (χ4n) is 2.58. The molecule has 0 saturated heterocycles. The summed E-state index contributed by atoms with van der Waals surface area (Å²) < 4.78 is 41.5. The molecule has 2 aromatic heterocycles. The lowest BCUT2D eigenvalue weighted by atomic mass is 10.1. The summed E-state index contributed by atoms with van der Waals surface area (Å²) in [6, 6.07) is 10.9. The lowest BCUT2D eigenvalue weighted by Gasteiger charge is -2.11. The number of halogens is 1. The highest BCUT2D eigenvalue weighted by atomic mass is 32.2. The normalized spacial score (nSPS) is 11.6. The minimum absolute atomic E-state index is 0.0577. The van der Waals surface area contributed by atoms with E-state index >= 15 is 0 Å². The van der Waals surface area contributed by atoms with Crippen molar-refractivity contribution in [3.05, 3.63) is 71.9 Å². The zero-order valence-corrected chi connectivity index (χ0v) is 14.7. The first kappa shape index (κ1) is 17.3. The van der Waals surface area contributed by atoms with E-state index in [1.165, 1.54) is 24.5 Å². The van der Waals surface area contributed by atoms with Gasteiger partial charge >= 0.3 is 0 Å². The fraction of sp³-hybridized carbons (Fsp3) is 0.167. The van der Waals surface area contributed by atoms with Crippen LogP contribution in [-0.2, 0) is 16.6 Å². The number of hydrogen-bond acceptors (Lipinski definition) is 4. The highest BCUT2D eigenvalue weighted by Crippen LogP contribution is 2.28. The smallest absolute Gasteiger partial charge is 0.269 e. The summed E-state index contributed by atoms with van der Waals surface area (Å²) in [5, 5.41) is 2.98.